The van der Waals surface area contributed by atoms with Crippen LogP contribution in [-0.2, 0) is 4.74 Å². The monoisotopic (exact) mass is 372 g/mol. The van der Waals surface area contributed by atoms with Gasteiger partial charge >= 0.3 is 6.09 Å². The first-order valence-electron chi connectivity index (χ1n) is 8.35. The van der Waals surface area contributed by atoms with Gasteiger partial charge in [0, 0.05) is 17.6 Å². The smallest absolute Gasteiger partial charge is 0.407 e. The molecule has 0 spiro atoms. The molecule has 1 aromatic carbocycles. The highest BCUT2D eigenvalue weighted by atomic mass is 35.5. The minimum Gasteiger partial charge on any atom is -0.444 e. The molecule has 1 fully saturated rings. The second-order valence-electron chi connectivity index (χ2n) is 7.41. The molecule has 1 aromatic rings. The second kappa shape index (κ2) is 7.83. The number of anilines is 1. The van der Waals surface area contributed by atoms with E-state index in [4.69, 9.17) is 27.9 Å². The maximum Gasteiger partial charge on any atom is 0.407 e. The first-order chi connectivity index (χ1) is 11.2. The molecule has 6 heteroatoms. The summed E-state index contributed by atoms with van der Waals surface area (Å²) in [4.78, 5) is 11.8. The third-order valence-corrected chi connectivity index (χ3v) is 4.88. The molecule has 4 nitrogen and oxygen atoms in total. The number of rotatable bonds is 4. The third-order valence-electron chi connectivity index (χ3n) is 4.16. The van der Waals surface area contributed by atoms with Crippen LogP contribution in [0.2, 0.25) is 10.0 Å². The van der Waals surface area contributed by atoms with Crippen LogP contribution in [0.25, 0.3) is 0 Å². The van der Waals surface area contributed by atoms with Crippen LogP contribution in [0.4, 0.5) is 10.5 Å². The minimum absolute atomic E-state index is 0.260. The van der Waals surface area contributed by atoms with Crippen LogP contribution in [0, 0.1) is 12.8 Å². The molecule has 1 saturated carbocycles. The minimum atomic E-state index is -0.483. The average Bonchev–Trinajstić information content (AvgIpc) is 2.88. The summed E-state index contributed by atoms with van der Waals surface area (Å²) < 4.78 is 5.29. The lowest BCUT2D eigenvalue weighted by atomic mass is 10.0. The summed E-state index contributed by atoms with van der Waals surface area (Å²) in [7, 11) is 0. The third kappa shape index (κ3) is 5.45. The van der Waals surface area contributed by atoms with Gasteiger partial charge in [0.15, 0.2) is 0 Å². The van der Waals surface area contributed by atoms with Crippen LogP contribution in [0.15, 0.2) is 12.1 Å². The van der Waals surface area contributed by atoms with Gasteiger partial charge in [-0.15, -0.1) is 0 Å². The summed E-state index contributed by atoms with van der Waals surface area (Å²) in [5.41, 5.74) is 1.33. The van der Waals surface area contributed by atoms with Crippen molar-refractivity contribution in [2.75, 3.05) is 11.9 Å². The molecule has 0 aliphatic heterocycles. The van der Waals surface area contributed by atoms with Gasteiger partial charge in [0.2, 0.25) is 0 Å². The van der Waals surface area contributed by atoms with E-state index in [9.17, 15) is 4.79 Å². The van der Waals surface area contributed by atoms with E-state index in [0.717, 1.165) is 30.5 Å². The Hall–Kier alpha value is -1.13. The lowest BCUT2D eigenvalue weighted by Crippen LogP contribution is -2.38. The van der Waals surface area contributed by atoms with Gasteiger partial charge in [0.25, 0.3) is 0 Å². The van der Waals surface area contributed by atoms with Crippen molar-refractivity contribution in [2.24, 2.45) is 5.92 Å². The number of amides is 1. The fourth-order valence-corrected chi connectivity index (χ4v) is 3.39. The fraction of sp³-hybridized carbons (Fsp3) is 0.611. The summed E-state index contributed by atoms with van der Waals surface area (Å²) in [6.07, 6.45) is 2.85. The standard InChI is InChI=1S/C18H26Cl2N2O2/c1-11-8-14(20)16(9-13(11)19)22-15-7-5-6-12(15)10-21-17(23)24-18(2,3)4/h8-9,12,15,22H,5-7,10H2,1-4H3,(H,21,23). The van der Waals surface area contributed by atoms with Gasteiger partial charge in [-0.3, -0.25) is 0 Å². The van der Waals surface area contributed by atoms with Crippen LogP contribution < -0.4 is 10.6 Å². The number of halogens is 2. The van der Waals surface area contributed by atoms with Crippen LogP contribution in [0.5, 0.6) is 0 Å². The zero-order valence-electron chi connectivity index (χ0n) is 14.7. The zero-order valence-corrected chi connectivity index (χ0v) is 16.2. The molecule has 0 radical (unpaired) electrons. The maximum atomic E-state index is 11.8. The topological polar surface area (TPSA) is 50.4 Å². The van der Waals surface area contributed by atoms with Crippen molar-refractivity contribution < 1.29 is 9.53 Å². The molecule has 0 bridgehead atoms. The van der Waals surface area contributed by atoms with E-state index in [0.29, 0.717) is 22.5 Å². The summed E-state index contributed by atoms with van der Waals surface area (Å²) in [6, 6.07) is 4.00. The van der Waals surface area contributed by atoms with Crippen molar-refractivity contribution in [3.63, 3.8) is 0 Å². The second-order valence-corrected chi connectivity index (χ2v) is 8.22. The summed E-state index contributed by atoms with van der Waals surface area (Å²) in [5.74, 6) is 0.341. The number of hydrogen-bond acceptors (Lipinski definition) is 3. The van der Waals surface area contributed by atoms with Crippen molar-refractivity contribution in [1.82, 2.24) is 5.32 Å². The molecule has 0 saturated heterocycles. The number of ether oxygens (including phenoxy) is 1. The van der Waals surface area contributed by atoms with Gasteiger partial charge in [-0.05, 0) is 64.2 Å². The molecule has 1 aliphatic rings. The Bertz CT molecular complexity index is 599. The van der Waals surface area contributed by atoms with Gasteiger partial charge in [-0.25, -0.2) is 4.79 Å². The summed E-state index contributed by atoms with van der Waals surface area (Å²) in [5, 5.41) is 7.73. The predicted molar refractivity (Wildman–Crippen MR) is 100 cm³/mol. The zero-order chi connectivity index (χ0) is 17.9. The number of nitrogens with one attached hydrogen (secondary N) is 2. The van der Waals surface area contributed by atoms with Gasteiger partial charge in [0.1, 0.15) is 5.60 Å². The van der Waals surface area contributed by atoms with E-state index in [1.54, 1.807) is 0 Å². The Morgan fingerprint density at radius 1 is 1.25 bits per heavy atom. The number of hydrogen-bond donors (Lipinski definition) is 2. The van der Waals surface area contributed by atoms with Crippen LogP contribution in [-0.4, -0.2) is 24.3 Å². The molecule has 24 heavy (non-hydrogen) atoms. The SMILES string of the molecule is Cc1cc(Cl)c(NC2CCCC2CNC(=O)OC(C)(C)C)cc1Cl. The number of aryl methyl sites for hydroxylation is 1. The van der Waals surface area contributed by atoms with E-state index in [1.165, 1.54) is 0 Å². The lowest BCUT2D eigenvalue weighted by Gasteiger charge is -2.25. The molecule has 2 atom stereocenters. The highest BCUT2D eigenvalue weighted by Crippen LogP contribution is 2.33. The Kier molecular flexibility index (Phi) is 6.27. The Morgan fingerprint density at radius 2 is 1.96 bits per heavy atom. The van der Waals surface area contributed by atoms with Crippen molar-refractivity contribution in [1.29, 1.82) is 0 Å². The molecule has 1 aliphatic carbocycles. The Morgan fingerprint density at radius 3 is 2.62 bits per heavy atom. The van der Waals surface area contributed by atoms with Crippen molar-refractivity contribution in [3.05, 3.63) is 27.7 Å². The van der Waals surface area contributed by atoms with Gasteiger partial charge in [-0.1, -0.05) is 29.6 Å². The Balaban J connectivity index is 1.94. The van der Waals surface area contributed by atoms with E-state index < -0.39 is 5.60 Å². The molecule has 0 heterocycles. The Labute approximate surface area is 154 Å². The maximum absolute atomic E-state index is 11.8. The number of carbonyl (C=O) groups excluding carboxylic acids is 1. The van der Waals surface area contributed by atoms with Crippen molar-refractivity contribution in [2.45, 2.75) is 58.6 Å². The quantitative estimate of drug-likeness (QED) is 0.742. The van der Waals surface area contributed by atoms with Crippen LogP contribution >= 0.6 is 23.2 Å². The first kappa shape index (κ1) is 19.2. The highest BCUT2D eigenvalue weighted by molar-refractivity contribution is 6.35. The largest absolute Gasteiger partial charge is 0.444 e. The van der Waals surface area contributed by atoms with Crippen LogP contribution in [0.1, 0.15) is 45.6 Å². The highest BCUT2D eigenvalue weighted by Gasteiger charge is 2.28. The number of benzene rings is 1. The van der Waals surface area contributed by atoms with Gasteiger partial charge in [0.05, 0.1) is 10.7 Å². The van der Waals surface area contributed by atoms with E-state index in [1.807, 2.05) is 39.8 Å². The number of carbonyl (C=O) groups is 1. The molecule has 2 N–H and O–H groups in total. The predicted octanol–water partition coefficient (Wildman–Crippen LogP) is 5.41. The van der Waals surface area contributed by atoms with Gasteiger partial charge in [-0.2, -0.15) is 0 Å². The fourth-order valence-electron chi connectivity index (χ4n) is 2.96. The van der Waals surface area contributed by atoms with E-state index >= 15 is 0 Å². The normalized spacial score (nSPS) is 20.8. The lowest BCUT2D eigenvalue weighted by molar-refractivity contribution is 0.0519. The van der Waals surface area contributed by atoms with Crippen LogP contribution in [0.3, 0.4) is 0 Å². The van der Waals surface area contributed by atoms with Gasteiger partial charge < -0.3 is 15.4 Å². The average molecular weight is 373 g/mol. The molecule has 0 aromatic heterocycles. The van der Waals surface area contributed by atoms with E-state index in [2.05, 4.69) is 10.6 Å². The molecule has 2 rings (SSSR count). The molecule has 1 amide bonds. The first-order valence-corrected chi connectivity index (χ1v) is 9.10. The molecular formula is C18H26Cl2N2O2. The number of alkyl carbamates (subject to hydrolysis) is 1. The summed E-state index contributed by atoms with van der Waals surface area (Å²) >= 11 is 12.5. The van der Waals surface area contributed by atoms with E-state index in [-0.39, 0.29) is 12.1 Å². The molecule has 134 valence electrons. The molecular weight excluding hydrogens is 347 g/mol. The summed E-state index contributed by atoms with van der Waals surface area (Å²) in [6.45, 7) is 8.09. The molecule has 2 unspecified atom stereocenters. The van der Waals surface area contributed by atoms with Crippen molar-refractivity contribution in [3.8, 4) is 0 Å². The van der Waals surface area contributed by atoms with Crippen molar-refractivity contribution >= 4 is 35.0 Å².